The van der Waals surface area contributed by atoms with E-state index in [-0.39, 0.29) is 59.1 Å². The number of ether oxygens (including phenoxy) is 1. The predicted molar refractivity (Wildman–Crippen MR) is 116 cm³/mol. The van der Waals surface area contributed by atoms with Crippen LogP contribution in [-0.2, 0) is 4.74 Å². The molecule has 0 spiro atoms. The first-order chi connectivity index (χ1) is 12.2. The van der Waals surface area contributed by atoms with Crippen LogP contribution in [0.2, 0.25) is 10.1 Å². The van der Waals surface area contributed by atoms with Crippen LogP contribution < -0.4 is 59.1 Å². The average Bonchev–Trinajstić information content (AvgIpc) is 3.15. The van der Waals surface area contributed by atoms with Gasteiger partial charge < -0.3 is 51.2 Å². The zero-order chi connectivity index (χ0) is 19.5. The third-order valence-corrected chi connectivity index (χ3v) is 7.97. The molecule has 3 rings (SSSR count). The van der Waals surface area contributed by atoms with Gasteiger partial charge in [0.25, 0.3) is 0 Å². The Kier molecular flexibility index (Phi) is 19.2. The van der Waals surface area contributed by atoms with Gasteiger partial charge in [0.1, 0.15) is 0 Å². The van der Waals surface area contributed by atoms with Gasteiger partial charge >= 0.3 is 59.1 Å². The van der Waals surface area contributed by atoms with Crippen molar-refractivity contribution in [2.45, 2.75) is 64.5 Å². The zero-order valence-electron chi connectivity index (χ0n) is 19.6. The first-order valence-electron chi connectivity index (χ1n) is 9.74. The third kappa shape index (κ3) is 14.4. The maximum atomic E-state index is 4.94. The molecule has 2 fully saturated rings. The Morgan fingerprint density at radius 3 is 1.29 bits per heavy atom. The zero-order valence-corrected chi connectivity index (χ0v) is 24.6. The van der Waals surface area contributed by atoms with Gasteiger partial charge in [0, 0.05) is 13.2 Å². The van der Waals surface area contributed by atoms with E-state index in [9.17, 15) is 0 Å². The molecular formula is C24H37Na2OSi-5. The van der Waals surface area contributed by atoms with E-state index in [2.05, 4.69) is 73.6 Å². The Balaban J connectivity index is 0. The quantitative estimate of drug-likeness (QED) is 0.485. The molecule has 0 radical (unpaired) electrons. The molecular weight excluding hydrogens is 378 g/mol. The van der Waals surface area contributed by atoms with E-state index >= 15 is 0 Å². The molecule has 150 valence electrons. The summed E-state index contributed by atoms with van der Waals surface area (Å²) in [5.41, 5.74) is 1.56. The van der Waals surface area contributed by atoms with Crippen LogP contribution in [0.3, 0.4) is 0 Å². The monoisotopic (exact) mass is 415 g/mol. The van der Waals surface area contributed by atoms with Gasteiger partial charge in [-0.1, -0.05) is 77.9 Å². The smallest absolute Gasteiger partial charge is 0.861 e. The van der Waals surface area contributed by atoms with E-state index in [1.165, 1.54) is 12.8 Å². The summed E-state index contributed by atoms with van der Waals surface area (Å²) in [4.78, 5) is 0. The number of benzene rings is 1. The summed E-state index contributed by atoms with van der Waals surface area (Å²) < 4.78 is 4.94. The molecule has 1 aliphatic carbocycles. The van der Waals surface area contributed by atoms with Gasteiger partial charge in [0.05, 0.1) is 0 Å². The second-order valence-corrected chi connectivity index (χ2v) is 13.0. The normalized spacial score (nSPS) is 17.2. The summed E-state index contributed by atoms with van der Waals surface area (Å²) in [7, 11) is -0.553. The summed E-state index contributed by atoms with van der Waals surface area (Å²) in [6.45, 7) is 16.2. The second-order valence-electron chi connectivity index (χ2n) is 8.72. The van der Waals surface area contributed by atoms with E-state index in [0.29, 0.717) is 10.1 Å². The maximum Gasteiger partial charge on any atom is 1.00 e. The van der Waals surface area contributed by atoms with Gasteiger partial charge in [-0.2, -0.15) is 0 Å². The predicted octanol–water partition coefficient (Wildman–Crippen LogP) is 0.722. The minimum Gasteiger partial charge on any atom is -0.861 e. The largest absolute Gasteiger partial charge is 1.00 e. The topological polar surface area (TPSA) is 9.23 Å². The van der Waals surface area contributed by atoms with Gasteiger partial charge in [0.15, 0.2) is 0 Å². The first kappa shape index (κ1) is 31.6. The van der Waals surface area contributed by atoms with Crippen LogP contribution in [0.4, 0.5) is 0 Å². The molecule has 1 saturated heterocycles. The van der Waals surface area contributed by atoms with Crippen molar-refractivity contribution < 1.29 is 63.9 Å². The van der Waals surface area contributed by atoms with Crippen LogP contribution in [0.1, 0.15) is 54.4 Å². The van der Waals surface area contributed by atoms with Crippen LogP contribution >= 0.6 is 0 Å². The Bertz CT molecular complexity index is 396. The molecule has 1 aromatic carbocycles. The second kappa shape index (κ2) is 17.0. The Morgan fingerprint density at radius 2 is 1.04 bits per heavy atom. The summed E-state index contributed by atoms with van der Waals surface area (Å²) in [5, 5.41) is 0.814. The van der Waals surface area contributed by atoms with Crippen LogP contribution in [-0.4, -0.2) is 22.0 Å². The molecule has 1 aromatic rings. The fraction of sp³-hybridized carbons (Fsp3) is 0.500. The Morgan fingerprint density at radius 1 is 0.679 bits per heavy atom. The van der Waals surface area contributed by atoms with Crippen LogP contribution in [0.5, 0.6) is 0 Å². The summed E-state index contributed by atoms with van der Waals surface area (Å²) >= 11 is 0. The van der Waals surface area contributed by atoms with Crippen molar-refractivity contribution >= 4 is 8.80 Å². The first-order valence-corrected chi connectivity index (χ1v) is 11.2. The van der Waals surface area contributed by atoms with E-state index in [0.717, 1.165) is 13.2 Å². The Hall–Kier alpha value is 1.40. The van der Waals surface area contributed by atoms with Gasteiger partial charge in [-0.3, -0.25) is 0 Å². The molecule has 4 heteroatoms. The van der Waals surface area contributed by atoms with E-state index in [1.807, 2.05) is 36.4 Å². The van der Waals surface area contributed by atoms with Gasteiger partial charge in [0.2, 0.25) is 0 Å². The molecule has 0 bridgehead atoms. The van der Waals surface area contributed by atoms with Crippen LogP contribution in [0.25, 0.3) is 0 Å². The third-order valence-electron chi connectivity index (χ3n) is 4.06. The molecule has 0 atom stereocenters. The average molecular weight is 416 g/mol. The molecule has 28 heavy (non-hydrogen) atoms. The molecule has 0 unspecified atom stereocenters. The molecule has 0 N–H and O–H groups in total. The summed E-state index contributed by atoms with van der Waals surface area (Å²) in [6, 6.07) is 12.0. The van der Waals surface area contributed by atoms with Crippen molar-refractivity contribution in [3.8, 4) is 0 Å². The van der Waals surface area contributed by atoms with Crippen molar-refractivity contribution in [2.24, 2.45) is 0 Å². The van der Waals surface area contributed by atoms with Crippen LogP contribution in [0, 0.1) is 37.6 Å². The van der Waals surface area contributed by atoms with Crippen molar-refractivity contribution in [1.29, 1.82) is 0 Å². The van der Waals surface area contributed by atoms with Crippen molar-refractivity contribution in [1.82, 2.24) is 0 Å². The fourth-order valence-corrected chi connectivity index (χ4v) is 8.00. The minimum absolute atomic E-state index is 0. The van der Waals surface area contributed by atoms with Crippen molar-refractivity contribution in [3.05, 3.63) is 74.0 Å². The van der Waals surface area contributed by atoms with E-state index < -0.39 is 8.80 Å². The van der Waals surface area contributed by atoms with E-state index in [4.69, 9.17) is 4.74 Å². The van der Waals surface area contributed by atoms with Crippen molar-refractivity contribution in [2.75, 3.05) is 13.2 Å². The van der Waals surface area contributed by atoms with Gasteiger partial charge in [-0.15, -0.1) is 0 Å². The summed E-state index contributed by atoms with van der Waals surface area (Å²) in [6.07, 6.45) is 13.6. The standard InChI is InChI=1S/C14H23Si.C6H6.C4H8O.2Na/c1-13(2,3)15(14(4,5)6)12-10-8-7-9-11-12;1-2-4-6-5-3-1;1-2-4-5-3-1;;/h7-11H,1-6H3;1-6H;1-4H2;;/q-7;;;2*+1. The maximum absolute atomic E-state index is 4.94. The van der Waals surface area contributed by atoms with Crippen LogP contribution in [0.15, 0.2) is 36.4 Å². The molecule has 1 nitrogen and oxygen atoms in total. The van der Waals surface area contributed by atoms with Gasteiger partial charge in [-0.05, 0) is 12.8 Å². The fourth-order valence-electron chi connectivity index (χ4n) is 3.49. The van der Waals surface area contributed by atoms with Gasteiger partial charge in [-0.25, -0.2) is 10.1 Å². The molecule has 0 amide bonds. The molecule has 1 aliphatic heterocycles. The molecule has 0 aromatic heterocycles. The van der Waals surface area contributed by atoms with E-state index in [1.54, 1.807) is 5.54 Å². The molecule has 2 aliphatic rings. The minimum atomic E-state index is -0.553. The number of hydrogen-bond donors (Lipinski definition) is 0. The number of hydrogen-bond acceptors (Lipinski definition) is 1. The van der Waals surface area contributed by atoms with Crippen molar-refractivity contribution in [3.63, 3.8) is 0 Å². The molecule has 1 heterocycles. The molecule has 1 saturated carbocycles. The SMILES string of the molecule is C1CCOC1.CC(C)(C)[Si-]([C-]1[CH-][CH-][CH-][CH-][CH-]1)C(C)(C)C.[Na+].[Na+].c1ccccc1. The summed E-state index contributed by atoms with van der Waals surface area (Å²) in [5.74, 6) is 0. The Labute approximate surface area is 222 Å². The number of rotatable bonds is 1.